The van der Waals surface area contributed by atoms with Gasteiger partial charge < -0.3 is 0 Å². The molecule has 1 aliphatic rings. The zero-order valence-electron chi connectivity index (χ0n) is 6.20. The number of aliphatic hydroxyl groups excluding tert-OH is 1. The van der Waals surface area contributed by atoms with Crippen LogP contribution in [0.4, 0.5) is 0 Å². The van der Waals surface area contributed by atoms with Gasteiger partial charge in [0.15, 0.2) is 0 Å². The molecule has 1 nitrogen and oxygen atoms in total. The first-order valence-corrected chi connectivity index (χ1v) is 5.20. The van der Waals surface area contributed by atoms with Crippen LogP contribution in [0.25, 0.3) is 0 Å². The summed E-state index contributed by atoms with van der Waals surface area (Å²) in [5, 5.41) is 9.53. The first-order chi connectivity index (χ1) is 5.29. The number of fused-ring (bicyclic) bond motifs is 1. The molecule has 1 N–H and O–H groups in total. The van der Waals surface area contributed by atoms with E-state index in [1.54, 1.807) is 16.9 Å². The Hall–Kier alpha value is -0.262. The van der Waals surface area contributed by atoms with Crippen LogP contribution in [-0.4, -0.2) is 28.1 Å². The molecule has 1 unspecified atom stereocenters. The van der Waals surface area contributed by atoms with Crippen molar-refractivity contribution >= 4 is 16.9 Å². The molecule has 0 fully saturated rings. The Balaban J connectivity index is 2.47. The van der Waals surface area contributed by atoms with Crippen molar-refractivity contribution in [3.63, 3.8) is 0 Å². The van der Waals surface area contributed by atoms with Crippen LogP contribution in [0.15, 0.2) is 24.3 Å². The van der Waals surface area contributed by atoms with Gasteiger partial charge in [-0.1, -0.05) is 0 Å². The molecule has 0 amide bonds. The topological polar surface area (TPSA) is 20.2 Å². The van der Waals surface area contributed by atoms with E-state index in [-0.39, 0.29) is 6.10 Å². The first kappa shape index (κ1) is 7.39. The van der Waals surface area contributed by atoms with E-state index < -0.39 is 0 Å². The van der Waals surface area contributed by atoms with Gasteiger partial charge in [-0.25, -0.2) is 0 Å². The maximum absolute atomic E-state index is 9.53. The summed E-state index contributed by atoms with van der Waals surface area (Å²) in [7, 11) is 0. The first-order valence-electron chi connectivity index (χ1n) is 3.80. The molecule has 1 aromatic rings. The Morgan fingerprint density at radius 1 is 1.36 bits per heavy atom. The molecular formula is C9H11AsO. The van der Waals surface area contributed by atoms with Crippen LogP contribution in [0.2, 0.25) is 0 Å². The van der Waals surface area contributed by atoms with Crippen molar-refractivity contribution < 1.29 is 5.11 Å². The zero-order valence-corrected chi connectivity index (χ0v) is 8.62. The fourth-order valence-corrected chi connectivity index (χ4v) is 2.57. The molecule has 0 aromatic heterocycles. The Morgan fingerprint density at radius 3 is 2.82 bits per heavy atom. The molecule has 0 saturated heterocycles. The molecule has 0 radical (unpaired) electrons. The molecule has 1 aromatic carbocycles. The molecule has 11 heavy (non-hydrogen) atoms. The fourth-order valence-electron chi connectivity index (χ4n) is 1.60. The Bertz CT molecular complexity index is 272. The molecule has 2 heteroatoms. The van der Waals surface area contributed by atoms with E-state index in [0.29, 0.717) is 4.71 Å². The van der Waals surface area contributed by atoms with E-state index in [1.807, 2.05) is 12.1 Å². The summed E-state index contributed by atoms with van der Waals surface area (Å²) in [6.45, 7) is 0. The molecule has 3 atom stereocenters. The van der Waals surface area contributed by atoms with Gasteiger partial charge in [0.25, 0.3) is 0 Å². The number of aliphatic hydroxyl groups is 1. The minimum atomic E-state index is -0.132. The van der Waals surface area contributed by atoms with Crippen LogP contribution in [0.5, 0.6) is 0 Å². The van der Waals surface area contributed by atoms with Crippen LogP contribution >= 0.6 is 0 Å². The van der Waals surface area contributed by atoms with Crippen molar-refractivity contribution in [1.29, 1.82) is 0 Å². The van der Waals surface area contributed by atoms with E-state index >= 15 is 0 Å². The predicted molar refractivity (Wildman–Crippen MR) is 47.4 cm³/mol. The monoisotopic (exact) mass is 210 g/mol. The van der Waals surface area contributed by atoms with E-state index in [9.17, 15) is 5.11 Å². The van der Waals surface area contributed by atoms with E-state index in [0.717, 1.165) is 6.42 Å². The molecule has 1 aliphatic carbocycles. The van der Waals surface area contributed by atoms with Gasteiger partial charge in [0.05, 0.1) is 0 Å². The van der Waals surface area contributed by atoms with Crippen LogP contribution in [-0.2, 0) is 6.42 Å². The molecule has 2 rings (SSSR count). The van der Waals surface area contributed by atoms with Gasteiger partial charge in [0.2, 0.25) is 0 Å². The van der Waals surface area contributed by atoms with Gasteiger partial charge in [-0.05, 0) is 0 Å². The second-order valence-electron chi connectivity index (χ2n) is 3.00. The standard InChI is InChI=1S/C9H11AsO/c10-9-7-4-2-1-3-6(7)5-8(9)11/h1-4,8-9,11H,5,10H2/t8-,9+/m0/s1. The van der Waals surface area contributed by atoms with E-state index in [2.05, 4.69) is 12.1 Å². The third kappa shape index (κ3) is 1.13. The molecule has 0 bridgehead atoms. The average molecular weight is 210 g/mol. The summed E-state index contributed by atoms with van der Waals surface area (Å²) in [6.07, 6.45) is 0.714. The Morgan fingerprint density at radius 2 is 2.09 bits per heavy atom. The number of hydrogen-bond donors (Lipinski definition) is 1. The van der Waals surface area contributed by atoms with Gasteiger partial charge in [0, 0.05) is 0 Å². The van der Waals surface area contributed by atoms with Gasteiger partial charge in [-0.3, -0.25) is 0 Å². The van der Waals surface area contributed by atoms with Gasteiger partial charge in [-0.2, -0.15) is 0 Å². The summed E-state index contributed by atoms with van der Waals surface area (Å²) in [6, 6.07) is 8.32. The van der Waals surface area contributed by atoms with Crippen molar-refractivity contribution in [3.8, 4) is 0 Å². The quantitative estimate of drug-likeness (QED) is 0.610. The van der Waals surface area contributed by atoms with Crippen LogP contribution < -0.4 is 0 Å². The Labute approximate surface area is 74.9 Å². The molecule has 0 aliphatic heterocycles. The Kier molecular flexibility index (Phi) is 1.78. The van der Waals surface area contributed by atoms with Gasteiger partial charge in [-0.15, -0.1) is 0 Å². The summed E-state index contributed by atoms with van der Waals surface area (Å²) in [4.78, 5) is 0. The predicted octanol–water partition coefficient (Wildman–Crippen LogP) is 0.278. The normalized spacial score (nSPS) is 28.5. The van der Waals surface area contributed by atoms with Crippen LogP contribution in [0, 0.1) is 0 Å². The molecular weight excluding hydrogens is 199 g/mol. The van der Waals surface area contributed by atoms with Crippen molar-refractivity contribution in [2.45, 2.75) is 17.2 Å². The van der Waals surface area contributed by atoms with Crippen LogP contribution in [0.1, 0.15) is 15.8 Å². The van der Waals surface area contributed by atoms with Crippen molar-refractivity contribution in [1.82, 2.24) is 0 Å². The number of rotatable bonds is 0. The summed E-state index contributed by atoms with van der Waals surface area (Å²) >= 11 is 1.62. The molecule has 0 heterocycles. The molecule has 58 valence electrons. The van der Waals surface area contributed by atoms with E-state index in [4.69, 9.17) is 0 Å². The number of benzene rings is 1. The summed E-state index contributed by atoms with van der Waals surface area (Å²) in [5.41, 5.74) is 2.68. The molecule has 0 spiro atoms. The summed E-state index contributed by atoms with van der Waals surface area (Å²) < 4.78 is 0.388. The van der Waals surface area contributed by atoms with E-state index in [1.165, 1.54) is 11.1 Å². The molecule has 0 saturated carbocycles. The number of hydrogen-bond acceptors (Lipinski definition) is 1. The minimum absolute atomic E-state index is 0.132. The maximum atomic E-state index is 9.53. The SMILES string of the molecule is O[C@H]1Cc2ccccc2[C@H]1[AsH2]. The fraction of sp³-hybridized carbons (Fsp3) is 0.333. The summed E-state index contributed by atoms with van der Waals surface area (Å²) in [5.74, 6) is 0. The average Bonchev–Trinajstić information content (AvgIpc) is 2.30. The van der Waals surface area contributed by atoms with Gasteiger partial charge in [0.1, 0.15) is 0 Å². The van der Waals surface area contributed by atoms with Gasteiger partial charge >= 0.3 is 74.6 Å². The van der Waals surface area contributed by atoms with Crippen molar-refractivity contribution in [2.24, 2.45) is 0 Å². The van der Waals surface area contributed by atoms with Crippen LogP contribution in [0.3, 0.4) is 0 Å². The second-order valence-corrected chi connectivity index (χ2v) is 4.50. The van der Waals surface area contributed by atoms with Crippen molar-refractivity contribution in [2.75, 3.05) is 0 Å². The zero-order chi connectivity index (χ0) is 7.84. The third-order valence-electron chi connectivity index (χ3n) is 2.26. The second kappa shape index (κ2) is 2.65. The van der Waals surface area contributed by atoms with Crippen molar-refractivity contribution in [3.05, 3.63) is 35.4 Å². The third-order valence-corrected chi connectivity index (χ3v) is 3.94.